The van der Waals surface area contributed by atoms with Gasteiger partial charge in [-0.15, -0.1) is 0 Å². The van der Waals surface area contributed by atoms with Crippen molar-refractivity contribution in [3.8, 4) is 5.75 Å². The average Bonchev–Trinajstić information content (AvgIpc) is 3.35. The summed E-state index contributed by atoms with van der Waals surface area (Å²) in [5.41, 5.74) is 11.4. The largest absolute Gasteiger partial charge is 0.495 e. The molecule has 1 amide bonds. The van der Waals surface area contributed by atoms with E-state index >= 15 is 0 Å². The first kappa shape index (κ1) is 21.2. The number of rotatable bonds is 6. The fourth-order valence-electron chi connectivity index (χ4n) is 4.62. The summed E-state index contributed by atoms with van der Waals surface area (Å²) in [5.74, 6) is 1.62. The molecule has 1 aliphatic heterocycles. The van der Waals surface area contributed by atoms with Gasteiger partial charge in [0.25, 0.3) is 5.91 Å². The third-order valence-corrected chi connectivity index (χ3v) is 6.33. The molecule has 0 saturated heterocycles. The van der Waals surface area contributed by atoms with Gasteiger partial charge in [-0.1, -0.05) is 0 Å². The first-order valence-electron chi connectivity index (χ1n) is 11.1. The molecule has 2 aliphatic rings. The Bertz CT molecular complexity index is 1240. The maximum absolute atomic E-state index is 12.1. The summed E-state index contributed by atoms with van der Waals surface area (Å²) in [7, 11) is 5.63. The predicted molar refractivity (Wildman–Crippen MR) is 125 cm³/mol. The van der Waals surface area contributed by atoms with Gasteiger partial charge in [-0.25, -0.2) is 4.98 Å². The van der Waals surface area contributed by atoms with Crippen molar-refractivity contribution in [1.29, 1.82) is 0 Å². The van der Waals surface area contributed by atoms with Crippen molar-refractivity contribution in [3.63, 3.8) is 0 Å². The smallest absolute Gasteiger partial charge is 0.254 e. The Morgan fingerprint density at radius 3 is 2.79 bits per heavy atom. The minimum Gasteiger partial charge on any atom is -0.495 e. The lowest BCUT2D eigenvalue weighted by atomic mass is 9.99. The Morgan fingerprint density at radius 2 is 2.00 bits per heavy atom. The Labute approximate surface area is 192 Å². The summed E-state index contributed by atoms with van der Waals surface area (Å²) in [5, 5.41) is 11.1. The van der Waals surface area contributed by atoms with E-state index in [0.717, 1.165) is 67.3 Å². The monoisotopic (exact) mass is 448 g/mol. The van der Waals surface area contributed by atoms with E-state index in [2.05, 4.69) is 49.8 Å². The lowest BCUT2D eigenvalue weighted by molar-refractivity contribution is 0.100. The van der Waals surface area contributed by atoms with E-state index in [-0.39, 0.29) is 5.56 Å². The van der Waals surface area contributed by atoms with Crippen LogP contribution in [0.5, 0.6) is 5.75 Å². The molecule has 3 heterocycles. The van der Waals surface area contributed by atoms with Gasteiger partial charge >= 0.3 is 0 Å². The van der Waals surface area contributed by atoms with Crippen molar-refractivity contribution in [1.82, 2.24) is 24.6 Å². The number of hydrogen-bond acceptors (Lipinski definition) is 8. The molecule has 4 N–H and O–H groups in total. The van der Waals surface area contributed by atoms with Gasteiger partial charge in [0, 0.05) is 31.9 Å². The van der Waals surface area contributed by atoms with Gasteiger partial charge in [0.15, 0.2) is 0 Å². The molecule has 172 valence electrons. The van der Waals surface area contributed by atoms with Crippen LogP contribution in [-0.4, -0.2) is 51.3 Å². The first-order valence-corrected chi connectivity index (χ1v) is 11.1. The molecule has 3 aromatic rings. The summed E-state index contributed by atoms with van der Waals surface area (Å²) >= 11 is 0. The molecule has 0 radical (unpaired) electrons. The molecular weight excluding hydrogens is 420 g/mol. The number of hydrogen-bond donors (Lipinski definition) is 3. The lowest BCUT2D eigenvalue weighted by Gasteiger charge is -2.26. The maximum Gasteiger partial charge on any atom is 0.254 e. The second-order valence-corrected chi connectivity index (χ2v) is 8.63. The summed E-state index contributed by atoms with van der Waals surface area (Å²) in [6.45, 7) is 1.89. The number of carbonyl (C=O) groups is 1. The van der Waals surface area contributed by atoms with Gasteiger partial charge in [0.2, 0.25) is 5.95 Å². The molecule has 33 heavy (non-hydrogen) atoms. The number of benzene rings is 1. The molecule has 0 atom stereocenters. The molecule has 0 spiro atoms. The van der Waals surface area contributed by atoms with Crippen molar-refractivity contribution in [2.75, 3.05) is 31.3 Å². The highest BCUT2D eigenvalue weighted by Gasteiger charge is 2.23. The molecule has 2 aromatic heterocycles. The van der Waals surface area contributed by atoms with Gasteiger partial charge in [0.05, 0.1) is 18.5 Å². The van der Waals surface area contributed by atoms with Crippen molar-refractivity contribution in [3.05, 3.63) is 46.3 Å². The van der Waals surface area contributed by atoms with Crippen LogP contribution in [0.3, 0.4) is 0 Å². The average molecular weight is 449 g/mol. The Hall–Kier alpha value is -3.66. The van der Waals surface area contributed by atoms with Gasteiger partial charge < -0.3 is 26.0 Å². The standard InChI is InChI=1S/C23H28N8O2/c1-30-8-7-13-10-19(33-3)18(9-14(13)12-30)26-23-25-11-16(20(24)32)21(28-23)27-22-15-5-4-6-17(15)29-31(22)2/h9-11H,4-8,12H2,1-3H3,(H2,24,32)(H2,25,26,27,28). The Balaban J connectivity index is 1.49. The zero-order chi connectivity index (χ0) is 23.1. The minimum absolute atomic E-state index is 0.215. The van der Waals surface area contributed by atoms with Crippen LogP contribution in [0, 0.1) is 0 Å². The van der Waals surface area contributed by atoms with E-state index in [9.17, 15) is 4.79 Å². The number of primary amides is 1. The minimum atomic E-state index is -0.600. The molecule has 0 bridgehead atoms. The number of nitrogens with two attached hydrogens (primary N) is 1. The van der Waals surface area contributed by atoms with Crippen LogP contribution in [0.4, 0.5) is 23.3 Å². The predicted octanol–water partition coefficient (Wildman–Crippen LogP) is 2.28. The van der Waals surface area contributed by atoms with E-state index < -0.39 is 5.91 Å². The highest BCUT2D eigenvalue weighted by atomic mass is 16.5. The quantitative estimate of drug-likeness (QED) is 0.525. The summed E-state index contributed by atoms with van der Waals surface area (Å²) in [6.07, 6.45) is 5.39. The van der Waals surface area contributed by atoms with Gasteiger partial charge in [-0.05, 0) is 56.0 Å². The SMILES string of the molecule is COc1cc2c(cc1Nc1ncc(C(N)=O)c(Nc3c4c(nn3C)CCC4)n1)CN(C)CC2. The zero-order valence-electron chi connectivity index (χ0n) is 19.1. The van der Waals surface area contributed by atoms with Crippen molar-refractivity contribution in [2.24, 2.45) is 12.8 Å². The number of carbonyl (C=O) groups excluding carboxylic acids is 1. The number of aromatic nitrogens is 4. The first-order chi connectivity index (χ1) is 15.9. The third kappa shape index (κ3) is 3.97. The third-order valence-electron chi connectivity index (χ3n) is 6.33. The maximum atomic E-state index is 12.1. The highest BCUT2D eigenvalue weighted by molar-refractivity contribution is 5.98. The van der Waals surface area contributed by atoms with E-state index in [1.54, 1.807) is 11.8 Å². The summed E-state index contributed by atoms with van der Waals surface area (Å²) in [6, 6.07) is 4.15. The number of ether oxygens (including phenoxy) is 1. The number of anilines is 4. The molecule has 10 nitrogen and oxygen atoms in total. The van der Waals surface area contributed by atoms with E-state index in [1.807, 2.05) is 7.05 Å². The highest BCUT2D eigenvalue weighted by Crippen LogP contribution is 2.34. The van der Waals surface area contributed by atoms with Crippen LogP contribution in [0.15, 0.2) is 18.3 Å². The number of amides is 1. The van der Waals surface area contributed by atoms with Crippen molar-refractivity contribution >= 4 is 29.2 Å². The van der Waals surface area contributed by atoms with Crippen molar-refractivity contribution < 1.29 is 9.53 Å². The van der Waals surface area contributed by atoms with Crippen LogP contribution in [0.2, 0.25) is 0 Å². The molecule has 1 aliphatic carbocycles. The Morgan fingerprint density at radius 1 is 1.15 bits per heavy atom. The van der Waals surface area contributed by atoms with E-state index in [0.29, 0.717) is 11.8 Å². The normalized spacial score (nSPS) is 15.1. The number of aryl methyl sites for hydroxylation is 2. The topological polar surface area (TPSA) is 123 Å². The van der Waals surface area contributed by atoms with Gasteiger partial charge in [0.1, 0.15) is 22.9 Å². The number of nitrogens with one attached hydrogen (secondary N) is 2. The van der Waals surface area contributed by atoms with Crippen molar-refractivity contribution in [2.45, 2.75) is 32.2 Å². The molecule has 0 unspecified atom stereocenters. The second-order valence-electron chi connectivity index (χ2n) is 8.63. The molecule has 0 fully saturated rings. The lowest BCUT2D eigenvalue weighted by Crippen LogP contribution is -2.26. The van der Waals surface area contributed by atoms with E-state index in [4.69, 9.17) is 10.5 Å². The van der Waals surface area contributed by atoms with Crippen LogP contribution < -0.4 is 21.1 Å². The van der Waals surface area contributed by atoms with Gasteiger partial charge in [-0.2, -0.15) is 10.1 Å². The number of fused-ring (bicyclic) bond motifs is 2. The van der Waals surface area contributed by atoms with Crippen LogP contribution in [0.1, 0.15) is 39.2 Å². The second kappa shape index (κ2) is 8.36. The fourth-order valence-corrected chi connectivity index (χ4v) is 4.62. The Kier molecular flexibility index (Phi) is 5.37. The molecule has 0 saturated carbocycles. The zero-order valence-corrected chi connectivity index (χ0v) is 19.1. The number of nitrogens with zero attached hydrogens (tertiary/aromatic N) is 5. The number of likely N-dealkylation sites (N-methyl/N-ethyl adjacent to an activating group) is 1. The summed E-state index contributed by atoms with van der Waals surface area (Å²) < 4.78 is 7.41. The van der Waals surface area contributed by atoms with Crippen LogP contribution in [0.25, 0.3) is 0 Å². The van der Waals surface area contributed by atoms with E-state index in [1.165, 1.54) is 17.3 Å². The van der Waals surface area contributed by atoms with Crippen LogP contribution >= 0.6 is 0 Å². The molecule has 1 aromatic carbocycles. The van der Waals surface area contributed by atoms with Gasteiger partial charge in [-0.3, -0.25) is 9.48 Å². The van der Waals surface area contributed by atoms with Crippen LogP contribution in [-0.2, 0) is 32.9 Å². The number of methoxy groups -OCH3 is 1. The summed E-state index contributed by atoms with van der Waals surface area (Å²) in [4.78, 5) is 23.3. The molecule has 10 heteroatoms. The molecule has 5 rings (SSSR count). The fraction of sp³-hybridized carbons (Fsp3) is 0.391. The molecular formula is C23H28N8O2.